The summed E-state index contributed by atoms with van der Waals surface area (Å²) in [5, 5.41) is 1.41. The second-order valence-corrected chi connectivity index (χ2v) is 5.55. The Balaban J connectivity index is 2.33. The van der Waals surface area contributed by atoms with Gasteiger partial charge in [-0.1, -0.05) is 44.2 Å². The van der Waals surface area contributed by atoms with Crippen molar-refractivity contribution >= 4 is 17.0 Å². The topological polar surface area (TPSA) is 4.93 Å². The second-order valence-electron chi connectivity index (χ2n) is 5.55. The highest BCUT2D eigenvalue weighted by atomic mass is 15.0. The first-order valence-corrected chi connectivity index (χ1v) is 7.02. The Morgan fingerprint density at radius 3 is 2.89 bits per heavy atom. The highest BCUT2D eigenvalue weighted by Crippen LogP contribution is 2.35. The molecule has 0 aliphatic heterocycles. The molecule has 18 heavy (non-hydrogen) atoms. The molecule has 0 saturated heterocycles. The van der Waals surface area contributed by atoms with Crippen molar-refractivity contribution in [3.05, 3.63) is 41.6 Å². The van der Waals surface area contributed by atoms with Gasteiger partial charge in [0, 0.05) is 28.2 Å². The van der Waals surface area contributed by atoms with Crippen molar-refractivity contribution in [1.82, 2.24) is 4.57 Å². The van der Waals surface area contributed by atoms with Gasteiger partial charge < -0.3 is 4.57 Å². The van der Waals surface area contributed by atoms with Crippen LogP contribution in [0.25, 0.3) is 17.0 Å². The van der Waals surface area contributed by atoms with E-state index in [0.29, 0.717) is 12.0 Å². The first kappa shape index (κ1) is 11.6. The Morgan fingerprint density at radius 2 is 2.11 bits per heavy atom. The van der Waals surface area contributed by atoms with Crippen LogP contribution >= 0.6 is 0 Å². The fourth-order valence-electron chi connectivity index (χ4n) is 3.06. The van der Waals surface area contributed by atoms with E-state index in [9.17, 15) is 0 Å². The van der Waals surface area contributed by atoms with E-state index < -0.39 is 0 Å². The van der Waals surface area contributed by atoms with Crippen LogP contribution in [-0.4, -0.2) is 4.57 Å². The third-order valence-electron chi connectivity index (χ3n) is 4.19. The number of fused-ring (bicyclic) bond motifs is 3. The maximum atomic E-state index is 2.56. The van der Waals surface area contributed by atoms with Crippen LogP contribution in [0.2, 0.25) is 0 Å². The summed E-state index contributed by atoms with van der Waals surface area (Å²) in [4.78, 5) is 0. The highest BCUT2D eigenvalue weighted by Gasteiger charge is 2.21. The van der Waals surface area contributed by atoms with Gasteiger partial charge in [0.05, 0.1) is 0 Å². The van der Waals surface area contributed by atoms with Gasteiger partial charge in [-0.2, -0.15) is 0 Å². The van der Waals surface area contributed by atoms with Gasteiger partial charge in [0.1, 0.15) is 0 Å². The molecule has 2 unspecified atom stereocenters. The molecule has 1 aromatic heterocycles. The summed E-state index contributed by atoms with van der Waals surface area (Å²) < 4.78 is 2.56. The smallest absolute Gasteiger partial charge is 0.0491 e. The van der Waals surface area contributed by atoms with Crippen LogP contribution < -0.4 is 0 Å². The molecule has 1 aliphatic carbocycles. The number of allylic oxidation sites excluding steroid dienone is 1. The molecule has 1 aliphatic rings. The number of benzene rings is 1. The first-order valence-electron chi connectivity index (χ1n) is 7.02. The predicted molar refractivity (Wildman–Crippen MR) is 78.8 cm³/mol. The molecule has 94 valence electrons. The standard InChI is InChI=1S/C17H21N/c1-4-13(3)18-16-8-6-5-7-14(16)15-10-9-12(2)11-17(15)18/h5-10,12-13H,4,11H2,1-3H3. The molecule has 0 amide bonds. The van der Waals surface area contributed by atoms with E-state index >= 15 is 0 Å². The normalized spacial score (nSPS) is 20.1. The Kier molecular flexibility index (Phi) is 2.77. The maximum absolute atomic E-state index is 2.56. The van der Waals surface area contributed by atoms with Crippen molar-refractivity contribution in [2.75, 3.05) is 0 Å². The molecule has 1 nitrogen and oxygen atoms in total. The summed E-state index contributed by atoms with van der Waals surface area (Å²) in [5.74, 6) is 0.657. The van der Waals surface area contributed by atoms with Crippen LogP contribution in [0, 0.1) is 5.92 Å². The molecule has 0 N–H and O–H groups in total. The molecule has 0 bridgehead atoms. The molecule has 0 spiro atoms. The maximum Gasteiger partial charge on any atom is 0.0491 e. The van der Waals surface area contributed by atoms with E-state index in [2.05, 4.69) is 61.8 Å². The Hall–Kier alpha value is -1.50. The van der Waals surface area contributed by atoms with E-state index in [1.54, 1.807) is 0 Å². The van der Waals surface area contributed by atoms with Crippen molar-refractivity contribution in [2.24, 2.45) is 5.92 Å². The third kappa shape index (κ3) is 1.61. The zero-order chi connectivity index (χ0) is 12.7. The van der Waals surface area contributed by atoms with Gasteiger partial charge in [0.2, 0.25) is 0 Å². The van der Waals surface area contributed by atoms with Crippen LogP contribution in [0.1, 0.15) is 44.5 Å². The quantitative estimate of drug-likeness (QED) is 0.708. The van der Waals surface area contributed by atoms with Crippen LogP contribution in [0.5, 0.6) is 0 Å². The van der Waals surface area contributed by atoms with E-state index in [4.69, 9.17) is 0 Å². The number of hydrogen-bond donors (Lipinski definition) is 0. The summed E-state index contributed by atoms with van der Waals surface area (Å²) in [5.41, 5.74) is 4.38. The Morgan fingerprint density at radius 1 is 1.33 bits per heavy atom. The predicted octanol–water partition coefficient (Wildman–Crippen LogP) is 4.82. The lowest BCUT2D eigenvalue weighted by atomic mass is 9.94. The molecule has 2 aromatic rings. The average Bonchev–Trinajstić information content (AvgIpc) is 2.71. The van der Waals surface area contributed by atoms with Gasteiger partial charge in [0.25, 0.3) is 0 Å². The fraction of sp³-hybridized carbons (Fsp3) is 0.412. The van der Waals surface area contributed by atoms with Gasteiger partial charge in [0.15, 0.2) is 0 Å². The molecular weight excluding hydrogens is 218 g/mol. The minimum absolute atomic E-state index is 0.581. The summed E-state index contributed by atoms with van der Waals surface area (Å²) in [6, 6.07) is 9.40. The van der Waals surface area contributed by atoms with E-state index in [-0.39, 0.29) is 0 Å². The molecule has 1 heteroatoms. The minimum Gasteiger partial charge on any atom is -0.341 e. The molecule has 2 atom stereocenters. The Labute approximate surface area is 109 Å². The Bertz CT molecular complexity index is 603. The first-order chi connectivity index (χ1) is 8.72. The molecule has 0 radical (unpaired) electrons. The average molecular weight is 239 g/mol. The van der Waals surface area contributed by atoms with E-state index in [0.717, 1.165) is 0 Å². The minimum atomic E-state index is 0.581. The SMILES string of the molecule is CCC(C)n1c2c(c3ccccc31)C=CC(C)C2. The van der Waals surface area contributed by atoms with Gasteiger partial charge >= 0.3 is 0 Å². The summed E-state index contributed by atoms with van der Waals surface area (Å²) in [7, 11) is 0. The molecule has 3 rings (SSSR count). The summed E-state index contributed by atoms with van der Waals surface area (Å²) in [6.45, 7) is 6.90. The number of hydrogen-bond acceptors (Lipinski definition) is 0. The van der Waals surface area contributed by atoms with Crippen molar-refractivity contribution in [3.8, 4) is 0 Å². The monoisotopic (exact) mass is 239 g/mol. The highest BCUT2D eigenvalue weighted by molar-refractivity contribution is 5.92. The zero-order valence-electron chi connectivity index (χ0n) is 11.5. The number of nitrogens with zero attached hydrogens (tertiary/aromatic N) is 1. The van der Waals surface area contributed by atoms with Crippen molar-refractivity contribution < 1.29 is 0 Å². The third-order valence-corrected chi connectivity index (χ3v) is 4.19. The molecular formula is C17H21N. The number of rotatable bonds is 2. The van der Waals surface area contributed by atoms with Crippen LogP contribution in [0.4, 0.5) is 0 Å². The number of para-hydroxylation sites is 1. The molecule has 0 fully saturated rings. The summed E-state index contributed by atoms with van der Waals surface area (Å²) in [6.07, 6.45) is 7.02. The number of aromatic nitrogens is 1. The van der Waals surface area contributed by atoms with Crippen molar-refractivity contribution in [3.63, 3.8) is 0 Å². The lowest BCUT2D eigenvalue weighted by molar-refractivity contribution is 0.515. The zero-order valence-corrected chi connectivity index (χ0v) is 11.5. The van der Waals surface area contributed by atoms with Crippen LogP contribution in [0.15, 0.2) is 30.3 Å². The van der Waals surface area contributed by atoms with Gasteiger partial charge in [-0.3, -0.25) is 0 Å². The largest absolute Gasteiger partial charge is 0.341 e. The van der Waals surface area contributed by atoms with E-state index in [1.165, 1.54) is 35.0 Å². The lowest BCUT2D eigenvalue weighted by Gasteiger charge is -2.21. The van der Waals surface area contributed by atoms with E-state index in [1.807, 2.05) is 0 Å². The molecule has 1 aromatic carbocycles. The molecule has 1 heterocycles. The lowest BCUT2D eigenvalue weighted by Crippen LogP contribution is -2.12. The molecule has 0 saturated carbocycles. The van der Waals surface area contributed by atoms with Gasteiger partial charge in [-0.15, -0.1) is 0 Å². The van der Waals surface area contributed by atoms with Gasteiger partial charge in [-0.05, 0) is 31.7 Å². The van der Waals surface area contributed by atoms with Crippen molar-refractivity contribution in [2.45, 2.75) is 39.7 Å². The van der Waals surface area contributed by atoms with Crippen LogP contribution in [0.3, 0.4) is 0 Å². The van der Waals surface area contributed by atoms with Gasteiger partial charge in [-0.25, -0.2) is 0 Å². The second kappa shape index (κ2) is 4.31. The fourth-order valence-corrected chi connectivity index (χ4v) is 3.06. The summed E-state index contributed by atoms with van der Waals surface area (Å²) >= 11 is 0. The van der Waals surface area contributed by atoms with Crippen LogP contribution in [-0.2, 0) is 6.42 Å². The van der Waals surface area contributed by atoms with Crippen molar-refractivity contribution in [1.29, 1.82) is 0 Å².